The summed E-state index contributed by atoms with van der Waals surface area (Å²) in [7, 11) is 0. The van der Waals surface area contributed by atoms with E-state index in [4.69, 9.17) is 0 Å². The van der Waals surface area contributed by atoms with Crippen LogP contribution in [0.1, 0.15) is 35.7 Å². The van der Waals surface area contributed by atoms with Gasteiger partial charge in [-0.2, -0.15) is 0 Å². The highest BCUT2D eigenvalue weighted by atomic mass is 16.6. The Kier molecular flexibility index (Phi) is 6.28. The highest BCUT2D eigenvalue weighted by Gasteiger charge is 2.39. The van der Waals surface area contributed by atoms with Crippen molar-refractivity contribution in [3.63, 3.8) is 0 Å². The number of fused-ring (bicyclic) bond motifs is 3. The molecule has 1 aliphatic heterocycles. The van der Waals surface area contributed by atoms with Crippen LogP contribution in [0.5, 0.6) is 0 Å². The average Bonchev–Trinajstić information content (AvgIpc) is 3.69. The van der Waals surface area contributed by atoms with E-state index >= 15 is 0 Å². The number of rotatable bonds is 7. The van der Waals surface area contributed by atoms with Crippen LogP contribution in [0.4, 0.5) is 11.4 Å². The van der Waals surface area contributed by atoms with Crippen LogP contribution in [0, 0.1) is 10.1 Å². The first kappa shape index (κ1) is 24.4. The molecule has 1 saturated carbocycles. The van der Waals surface area contributed by atoms with E-state index in [1.165, 1.54) is 18.2 Å². The molecule has 1 atom stereocenters. The van der Waals surface area contributed by atoms with E-state index in [1.807, 2.05) is 77.8 Å². The van der Waals surface area contributed by atoms with Crippen LogP contribution < -0.4 is 4.90 Å². The van der Waals surface area contributed by atoms with Crippen LogP contribution >= 0.6 is 0 Å². The minimum atomic E-state index is -0.461. The summed E-state index contributed by atoms with van der Waals surface area (Å²) in [6.07, 6.45) is 6.78. The topological polar surface area (TPSA) is 88.7 Å². The molecule has 8 nitrogen and oxygen atoms in total. The van der Waals surface area contributed by atoms with Crippen molar-refractivity contribution in [1.29, 1.82) is 0 Å². The molecule has 1 aromatic heterocycles. The molecule has 2 heterocycles. The van der Waals surface area contributed by atoms with Crippen molar-refractivity contribution in [2.24, 2.45) is 0 Å². The number of amides is 2. The largest absolute Gasteiger partial charge is 0.327 e. The Bertz CT molecular complexity index is 1570. The van der Waals surface area contributed by atoms with Crippen LogP contribution in [0.25, 0.3) is 11.8 Å². The van der Waals surface area contributed by atoms with Crippen LogP contribution in [0.2, 0.25) is 0 Å². The van der Waals surface area contributed by atoms with E-state index in [0.717, 1.165) is 35.5 Å². The van der Waals surface area contributed by atoms with Gasteiger partial charge in [-0.25, -0.2) is 0 Å². The average molecular weight is 519 g/mol. The highest BCUT2D eigenvalue weighted by molar-refractivity contribution is 6.02. The molecule has 4 aromatic rings. The predicted molar refractivity (Wildman–Crippen MR) is 148 cm³/mol. The number of hydrogen-bond acceptors (Lipinski definition) is 4. The Morgan fingerprint density at radius 2 is 1.59 bits per heavy atom. The summed E-state index contributed by atoms with van der Waals surface area (Å²) in [5.74, 6) is -0.415. The maximum absolute atomic E-state index is 14.1. The third kappa shape index (κ3) is 4.72. The van der Waals surface area contributed by atoms with Crippen LogP contribution in [0.15, 0.2) is 103 Å². The summed E-state index contributed by atoms with van der Waals surface area (Å²) in [6.45, 7) is -0.0491. The van der Waals surface area contributed by atoms with Crippen molar-refractivity contribution >= 4 is 29.3 Å². The number of nitro benzene ring substituents is 1. The van der Waals surface area contributed by atoms with Gasteiger partial charge >= 0.3 is 0 Å². The Morgan fingerprint density at radius 1 is 0.897 bits per heavy atom. The molecule has 2 aliphatic rings. The number of benzene rings is 3. The minimum Gasteiger partial charge on any atom is -0.327 e. The number of carbonyl (C=O) groups is 2. The van der Waals surface area contributed by atoms with Gasteiger partial charge < -0.3 is 9.47 Å². The lowest BCUT2D eigenvalue weighted by Crippen LogP contribution is -2.47. The molecule has 0 saturated heterocycles. The van der Waals surface area contributed by atoms with Crippen molar-refractivity contribution in [3.05, 3.63) is 130 Å². The monoisotopic (exact) mass is 518 g/mol. The first-order valence-corrected chi connectivity index (χ1v) is 12.9. The Hall–Kier alpha value is -4.98. The lowest BCUT2D eigenvalue weighted by molar-refractivity contribution is -0.384. The molecule has 6 rings (SSSR count). The van der Waals surface area contributed by atoms with E-state index < -0.39 is 4.92 Å². The Labute approximate surface area is 225 Å². The fraction of sp³-hybridized carbons (Fsp3) is 0.161. The predicted octanol–water partition coefficient (Wildman–Crippen LogP) is 5.53. The SMILES string of the molecule is O=C(/C=C/c1ccc([N+](=O)[O-])cc1)N(CC(=O)N1c2ccccc2-n2cccc2C1c1ccccc1)C1CC1. The molecule has 1 fully saturated rings. The van der Waals surface area contributed by atoms with E-state index in [2.05, 4.69) is 4.57 Å². The van der Waals surface area contributed by atoms with Crippen LogP contribution in [-0.2, 0) is 9.59 Å². The zero-order valence-corrected chi connectivity index (χ0v) is 21.1. The summed E-state index contributed by atoms with van der Waals surface area (Å²) in [5.41, 5.74) is 4.35. The zero-order chi connectivity index (χ0) is 26.9. The fourth-order valence-electron chi connectivity index (χ4n) is 5.18. The van der Waals surface area contributed by atoms with Gasteiger partial charge in [0.2, 0.25) is 11.8 Å². The summed E-state index contributed by atoms with van der Waals surface area (Å²) in [4.78, 5) is 41.4. The molecule has 194 valence electrons. The van der Waals surface area contributed by atoms with Crippen molar-refractivity contribution in [3.8, 4) is 5.69 Å². The lowest BCUT2D eigenvalue weighted by Gasteiger charge is -2.39. The van der Waals surface area contributed by atoms with E-state index in [1.54, 1.807) is 23.1 Å². The molecule has 39 heavy (non-hydrogen) atoms. The minimum absolute atomic E-state index is 0.00962. The molecule has 0 bridgehead atoms. The van der Waals surface area contributed by atoms with Gasteiger partial charge in [-0.15, -0.1) is 0 Å². The number of anilines is 1. The normalized spacial score (nSPS) is 16.0. The van der Waals surface area contributed by atoms with Gasteiger partial charge in [0.05, 0.1) is 22.0 Å². The van der Waals surface area contributed by atoms with E-state index in [-0.39, 0.29) is 36.1 Å². The third-order valence-electron chi connectivity index (χ3n) is 7.20. The quantitative estimate of drug-likeness (QED) is 0.183. The number of aromatic nitrogens is 1. The molecule has 1 aliphatic carbocycles. The number of para-hydroxylation sites is 2. The molecular weight excluding hydrogens is 492 g/mol. The maximum Gasteiger partial charge on any atom is 0.269 e. The first-order valence-electron chi connectivity index (χ1n) is 12.9. The van der Waals surface area contributed by atoms with Crippen LogP contribution in [-0.4, -0.2) is 38.8 Å². The van der Waals surface area contributed by atoms with Gasteiger partial charge in [-0.3, -0.25) is 24.6 Å². The van der Waals surface area contributed by atoms with Crippen LogP contribution in [0.3, 0.4) is 0 Å². The molecule has 0 radical (unpaired) electrons. The molecular formula is C31H26N4O4. The maximum atomic E-state index is 14.1. The highest BCUT2D eigenvalue weighted by Crippen LogP contribution is 2.42. The molecule has 0 spiro atoms. The van der Waals surface area contributed by atoms with Gasteiger partial charge in [0, 0.05) is 30.4 Å². The number of nitrogens with zero attached hydrogens (tertiary/aromatic N) is 4. The van der Waals surface area contributed by atoms with E-state index in [9.17, 15) is 19.7 Å². The third-order valence-corrected chi connectivity index (χ3v) is 7.20. The second-order valence-corrected chi connectivity index (χ2v) is 9.75. The van der Waals surface area contributed by atoms with Crippen molar-refractivity contribution in [1.82, 2.24) is 9.47 Å². The van der Waals surface area contributed by atoms with Gasteiger partial charge in [0.15, 0.2) is 0 Å². The number of hydrogen-bond donors (Lipinski definition) is 0. The summed E-state index contributed by atoms with van der Waals surface area (Å²) in [6, 6.07) is 27.4. The molecule has 2 amide bonds. The van der Waals surface area contributed by atoms with Gasteiger partial charge in [0.1, 0.15) is 12.6 Å². The smallest absolute Gasteiger partial charge is 0.269 e. The molecule has 1 unspecified atom stereocenters. The zero-order valence-electron chi connectivity index (χ0n) is 21.1. The van der Waals surface area contributed by atoms with Crippen molar-refractivity contribution in [2.75, 3.05) is 11.4 Å². The second kappa shape index (κ2) is 10.1. The van der Waals surface area contributed by atoms with Gasteiger partial charge in [0.25, 0.3) is 5.69 Å². The van der Waals surface area contributed by atoms with Gasteiger partial charge in [-0.05, 0) is 66.4 Å². The summed E-state index contributed by atoms with van der Waals surface area (Å²) >= 11 is 0. The molecule has 0 N–H and O–H groups in total. The van der Waals surface area contributed by atoms with Crippen molar-refractivity contribution in [2.45, 2.75) is 24.9 Å². The molecule has 8 heteroatoms. The second-order valence-electron chi connectivity index (χ2n) is 9.75. The van der Waals surface area contributed by atoms with Crippen molar-refractivity contribution < 1.29 is 14.5 Å². The standard InChI is InChI=1S/C31H26N4O4/c36-29(19-14-22-12-15-25(16-13-22)35(38)39)33(24-17-18-24)21-30(37)34-27-10-5-4-9-26(27)32-20-6-11-28(32)31(34)23-7-2-1-3-8-23/h1-16,19-20,24,31H,17-18,21H2/b19-14+. The lowest BCUT2D eigenvalue weighted by atomic mass is 9.97. The Balaban J connectivity index is 1.30. The van der Waals surface area contributed by atoms with Gasteiger partial charge in [-0.1, -0.05) is 42.5 Å². The summed E-state index contributed by atoms with van der Waals surface area (Å²) < 4.78 is 2.12. The Morgan fingerprint density at radius 3 is 2.28 bits per heavy atom. The first-order chi connectivity index (χ1) is 19.0. The fourth-order valence-corrected chi connectivity index (χ4v) is 5.18. The number of nitro groups is 1. The summed E-state index contributed by atoms with van der Waals surface area (Å²) in [5, 5.41) is 10.9. The van der Waals surface area contributed by atoms with E-state index in [0.29, 0.717) is 5.56 Å². The number of non-ortho nitro benzene ring substituents is 1. The number of carbonyl (C=O) groups excluding carboxylic acids is 2. The molecule has 3 aromatic carbocycles.